The topological polar surface area (TPSA) is 69.5 Å². The van der Waals surface area contributed by atoms with Gasteiger partial charge in [0.15, 0.2) is 0 Å². The van der Waals surface area contributed by atoms with Crippen LogP contribution in [-0.4, -0.2) is 9.97 Å². The molecule has 0 aliphatic carbocycles. The summed E-state index contributed by atoms with van der Waals surface area (Å²) in [6.45, 7) is 4.02. The van der Waals surface area contributed by atoms with E-state index in [-0.39, 0.29) is 5.56 Å². The Bertz CT molecular complexity index is 1030. The summed E-state index contributed by atoms with van der Waals surface area (Å²) in [6.07, 6.45) is 3.45. The lowest BCUT2D eigenvalue weighted by molar-refractivity contribution is 0.738. The maximum atomic E-state index is 12.5. The van der Waals surface area contributed by atoms with E-state index in [0.717, 1.165) is 47.5 Å². The van der Waals surface area contributed by atoms with Gasteiger partial charge < -0.3 is 4.98 Å². The zero-order valence-electron chi connectivity index (χ0n) is 15.7. The molecule has 1 heterocycles. The molecule has 0 saturated heterocycles. The first kappa shape index (κ1) is 18.6. The van der Waals surface area contributed by atoms with Crippen molar-refractivity contribution in [1.29, 1.82) is 5.26 Å². The van der Waals surface area contributed by atoms with E-state index in [0.29, 0.717) is 17.5 Å². The van der Waals surface area contributed by atoms with E-state index in [4.69, 9.17) is 0 Å². The largest absolute Gasteiger partial charge is 0.310 e. The van der Waals surface area contributed by atoms with Crippen molar-refractivity contribution in [2.24, 2.45) is 0 Å². The lowest BCUT2D eigenvalue weighted by Gasteiger charge is -2.09. The molecule has 0 aliphatic rings. The van der Waals surface area contributed by atoms with E-state index < -0.39 is 0 Å². The van der Waals surface area contributed by atoms with Gasteiger partial charge in [-0.2, -0.15) is 5.26 Å². The second kappa shape index (κ2) is 8.46. The summed E-state index contributed by atoms with van der Waals surface area (Å²) in [7, 11) is 0. The highest BCUT2D eigenvalue weighted by atomic mass is 16.1. The van der Waals surface area contributed by atoms with Crippen LogP contribution in [0.1, 0.15) is 48.0 Å². The predicted octanol–water partition coefficient (Wildman–Crippen LogP) is 4.55. The van der Waals surface area contributed by atoms with Crippen molar-refractivity contribution in [2.75, 3.05) is 0 Å². The van der Waals surface area contributed by atoms with Crippen LogP contribution in [0, 0.1) is 18.3 Å². The molecular formula is C23H23N3O. The fourth-order valence-corrected chi connectivity index (χ4v) is 3.18. The fraction of sp³-hybridized carbons (Fsp3) is 0.261. The molecule has 0 aliphatic heterocycles. The number of nitrogens with zero attached hydrogens (tertiary/aromatic N) is 2. The molecule has 0 radical (unpaired) electrons. The number of benzene rings is 2. The molecule has 0 spiro atoms. The highest BCUT2D eigenvalue weighted by Crippen LogP contribution is 2.24. The summed E-state index contributed by atoms with van der Waals surface area (Å²) in [4.78, 5) is 20.0. The van der Waals surface area contributed by atoms with Crippen LogP contribution in [0.2, 0.25) is 0 Å². The van der Waals surface area contributed by atoms with Gasteiger partial charge in [-0.05, 0) is 36.1 Å². The van der Waals surface area contributed by atoms with E-state index in [9.17, 15) is 10.1 Å². The molecule has 0 saturated carbocycles. The second-order valence-electron chi connectivity index (χ2n) is 6.71. The molecule has 0 amide bonds. The number of H-pyrrole nitrogens is 1. The van der Waals surface area contributed by atoms with Crippen LogP contribution in [0.4, 0.5) is 0 Å². The molecule has 4 nitrogen and oxygen atoms in total. The Morgan fingerprint density at radius 1 is 1.11 bits per heavy atom. The Labute approximate surface area is 159 Å². The molecule has 1 aromatic heterocycles. The molecule has 136 valence electrons. The monoisotopic (exact) mass is 357 g/mol. The standard InChI is InChI=1S/C23H23N3O/c1-3-4-9-22-25-16(2)21(23(27)26-22)14-17-10-12-18(13-11-17)20-8-6-5-7-19(20)15-24/h5-8,10-13H,3-4,9,14H2,1-2H3,(H,25,26,27). The number of hydrogen-bond donors (Lipinski definition) is 1. The summed E-state index contributed by atoms with van der Waals surface area (Å²) in [6, 6.07) is 17.8. The maximum Gasteiger partial charge on any atom is 0.254 e. The summed E-state index contributed by atoms with van der Waals surface area (Å²) >= 11 is 0. The fourth-order valence-electron chi connectivity index (χ4n) is 3.18. The number of nitrogens with one attached hydrogen (secondary N) is 1. The Morgan fingerprint density at radius 3 is 2.52 bits per heavy atom. The van der Waals surface area contributed by atoms with Crippen molar-refractivity contribution < 1.29 is 0 Å². The van der Waals surface area contributed by atoms with Gasteiger partial charge in [0.1, 0.15) is 5.82 Å². The first-order valence-corrected chi connectivity index (χ1v) is 9.29. The third kappa shape index (κ3) is 4.32. The molecule has 4 heteroatoms. The zero-order valence-corrected chi connectivity index (χ0v) is 15.7. The number of aryl methyl sites for hydroxylation is 2. The Morgan fingerprint density at radius 2 is 1.85 bits per heavy atom. The number of aromatic nitrogens is 2. The van der Waals surface area contributed by atoms with Crippen molar-refractivity contribution in [1.82, 2.24) is 9.97 Å². The number of unbranched alkanes of at least 4 members (excludes halogenated alkanes) is 1. The molecule has 0 atom stereocenters. The molecule has 0 fully saturated rings. The lowest BCUT2D eigenvalue weighted by atomic mass is 9.97. The minimum atomic E-state index is -0.0486. The van der Waals surface area contributed by atoms with Crippen molar-refractivity contribution >= 4 is 0 Å². The van der Waals surface area contributed by atoms with Crippen molar-refractivity contribution in [2.45, 2.75) is 39.5 Å². The molecule has 3 aromatic rings. The average Bonchev–Trinajstić information content (AvgIpc) is 2.69. The lowest BCUT2D eigenvalue weighted by Crippen LogP contribution is -2.19. The highest BCUT2D eigenvalue weighted by molar-refractivity contribution is 5.70. The highest BCUT2D eigenvalue weighted by Gasteiger charge is 2.10. The van der Waals surface area contributed by atoms with Crippen LogP contribution < -0.4 is 5.56 Å². The molecule has 3 rings (SSSR count). The Balaban J connectivity index is 1.83. The molecular weight excluding hydrogens is 334 g/mol. The van der Waals surface area contributed by atoms with E-state index in [1.54, 1.807) is 0 Å². The minimum Gasteiger partial charge on any atom is -0.310 e. The average molecular weight is 357 g/mol. The van der Waals surface area contributed by atoms with Crippen molar-refractivity contribution in [3.63, 3.8) is 0 Å². The summed E-state index contributed by atoms with van der Waals surface area (Å²) in [5, 5.41) is 9.27. The van der Waals surface area contributed by atoms with Gasteiger partial charge in [-0.3, -0.25) is 4.79 Å². The first-order valence-electron chi connectivity index (χ1n) is 9.29. The van der Waals surface area contributed by atoms with E-state index in [1.807, 2.05) is 55.5 Å². The van der Waals surface area contributed by atoms with Gasteiger partial charge in [-0.1, -0.05) is 55.8 Å². The summed E-state index contributed by atoms with van der Waals surface area (Å²) < 4.78 is 0. The van der Waals surface area contributed by atoms with Crippen LogP contribution in [0.15, 0.2) is 53.3 Å². The Hall–Kier alpha value is -3.19. The third-order valence-electron chi connectivity index (χ3n) is 4.73. The summed E-state index contributed by atoms with van der Waals surface area (Å²) in [5.41, 5.74) is 5.07. The minimum absolute atomic E-state index is 0.0486. The molecule has 2 aromatic carbocycles. The van der Waals surface area contributed by atoms with Crippen LogP contribution in [-0.2, 0) is 12.8 Å². The van der Waals surface area contributed by atoms with Gasteiger partial charge >= 0.3 is 0 Å². The van der Waals surface area contributed by atoms with Gasteiger partial charge in [0.2, 0.25) is 0 Å². The van der Waals surface area contributed by atoms with Gasteiger partial charge in [0.05, 0.1) is 11.6 Å². The van der Waals surface area contributed by atoms with Crippen molar-refractivity contribution in [3.8, 4) is 17.2 Å². The molecule has 0 bridgehead atoms. The Kier molecular flexibility index (Phi) is 5.83. The number of aromatic amines is 1. The molecule has 0 unspecified atom stereocenters. The second-order valence-corrected chi connectivity index (χ2v) is 6.71. The molecule has 1 N–H and O–H groups in total. The number of rotatable bonds is 6. The van der Waals surface area contributed by atoms with E-state index in [1.165, 1.54) is 0 Å². The zero-order chi connectivity index (χ0) is 19.2. The van der Waals surface area contributed by atoms with Gasteiger partial charge in [-0.25, -0.2) is 4.98 Å². The number of hydrogen-bond acceptors (Lipinski definition) is 3. The van der Waals surface area contributed by atoms with E-state index in [2.05, 4.69) is 23.0 Å². The number of nitriles is 1. The van der Waals surface area contributed by atoms with Gasteiger partial charge in [-0.15, -0.1) is 0 Å². The molecule has 27 heavy (non-hydrogen) atoms. The van der Waals surface area contributed by atoms with Gasteiger partial charge in [0.25, 0.3) is 5.56 Å². The van der Waals surface area contributed by atoms with E-state index >= 15 is 0 Å². The van der Waals surface area contributed by atoms with Crippen LogP contribution in [0.5, 0.6) is 0 Å². The van der Waals surface area contributed by atoms with Crippen LogP contribution in [0.3, 0.4) is 0 Å². The SMILES string of the molecule is CCCCc1nc(C)c(Cc2ccc(-c3ccccc3C#N)cc2)c(=O)[nH]1. The van der Waals surface area contributed by atoms with Crippen molar-refractivity contribution in [3.05, 3.63) is 87.1 Å². The maximum absolute atomic E-state index is 12.5. The van der Waals surface area contributed by atoms with Crippen LogP contribution in [0.25, 0.3) is 11.1 Å². The van der Waals surface area contributed by atoms with Gasteiger partial charge in [0, 0.05) is 24.1 Å². The smallest absolute Gasteiger partial charge is 0.254 e. The van der Waals surface area contributed by atoms with Crippen LogP contribution >= 0.6 is 0 Å². The first-order chi connectivity index (χ1) is 13.1. The quantitative estimate of drug-likeness (QED) is 0.703. The summed E-state index contributed by atoms with van der Waals surface area (Å²) in [5.74, 6) is 0.770. The predicted molar refractivity (Wildman–Crippen MR) is 108 cm³/mol. The third-order valence-corrected chi connectivity index (χ3v) is 4.73. The normalized spacial score (nSPS) is 10.6.